The Morgan fingerprint density at radius 3 is 2.43 bits per heavy atom. The molecule has 0 aliphatic carbocycles. The number of piperazine rings is 1. The maximum Gasteiger partial charge on any atom is 0.166 e. The highest BCUT2D eigenvalue weighted by molar-refractivity contribution is 6.33. The van der Waals surface area contributed by atoms with Gasteiger partial charge in [0.05, 0.1) is 10.6 Å². The molecular formula is C23H21Cl2N5. The van der Waals surface area contributed by atoms with Crippen LogP contribution in [0.15, 0.2) is 54.6 Å². The van der Waals surface area contributed by atoms with Crippen molar-refractivity contribution < 1.29 is 0 Å². The number of hydrogen-bond acceptors (Lipinski definition) is 4. The van der Waals surface area contributed by atoms with Crippen molar-refractivity contribution in [1.82, 2.24) is 19.9 Å². The molecule has 0 bridgehead atoms. The number of rotatable bonds is 3. The summed E-state index contributed by atoms with van der Waals surface area (Å²) < 4.78 is 1.96. The number of aryl methyl sites for hydroxylation is 1. The number of nitrogens with one attached hydrogen (secondary N) is 1. The third-order valence-electron chi connectivity index (χ3n) is 5.40. The highest BCUT2D eigenvalue weighted by Crippen LogP contribution is 2.39. The van der Waals surface area contributed by atoms with Gasteiger partial charge >= 0.3 is 0 Å². The van der Waals surface area contributed by atoms with Crippen molar-refractivity contribution in [2.24, 2.45) is 0 Å². The van der Waals surface area contributed by atoms with Crippen molar-refractivity contribution in [1.29, 1.82) is 0 Å². The largest absolute Gasteiger partial charge is 0.354 e. The van der Waals surface area contributed by atoms with E-state index in [0.29, 0.717) is 10.0 Å². The minimum absolute atomic E-state index is 0.663. The van der Waals surface area contributed by atoms with Gasteiger partial charge in [-0.05, 0) is 30.7 Å². The van der Waals surface area contributed by atoms with Crippen molar-refractivity contribution in [3.05, 3.63) is 70.3 Å². The lowest BCUT2D eigenvalue weighted by Crippen LogP contribution is -2.44. The molecule has 3 heterocycles. The minimum atomic E-state index is 0.663. The van der Waals surface area contributed by atoms with Crippen LogP contribution in [-0.4, -0.2) is 40.8 Å². The second-order valence-electron chi connectivity index (χ2n) is 7.44. The molecule has 4 aromatic rings. The second kappa shape index (κ2) is 7.91. The Hall–Kier alpha value is -2.60. The van der Waals surface area contributed by atoms with Gasteiger partial charge in [-0.25, -0.2) is 4.98 Å². The fraction of sp³-hybridized carbons (Fsp3) is 0.217. The first kappa shape index (κ1) is 19.4. The fourth-order valence-corrected chi connectivity index (χ4v) is 4.31. The Bertz CT molecular complexity index is 1210. The number of nitrogens with zero attached hydrogens (tertiary/aromatic N) is 4. The molecule has 0 amide bonds. The van der Waals surface area contributed by atoms with E-state index in [9.17, 15) is 0 Å². The summed E-state index contributed by atoms with van der Waals surface area (Å²) >= 11 is 12.7. The molecule has 1 fully saturated rings. The topological polar surface area (TPSA) is 45.5 Å². The first-order valence-electron chi connectivity index (χ1n) is 9.99. The van der Waals surface area contributed by atoms with E-state index in [4.69, 9.17) is 33.3 Å². The molecule has 1 saturated heterocycles. The van der Waals surface area contributed by atoms with E-state index in [2.05, 4.69) is 16.3 Å². The first-order valence-corrected chi connectivity index (χ1v) is 10.7. The second-order valence-corrected chi connectivity index (χ2v) is 8.28. The number of fused-ring (bicyclic) bond motifs is 1. The van der Waals surface area contributed by atoms with E-state index < -0.39 is 0 Å². The van der Waals surface area contributed by atoms with Crippen molar-refractivity contribution in [2.75, 3.05) is 31.1 Å². The quantitative estimate of drug-likeness (QED) is 0.484. The first-order chi connectivity index (χ1) is 14.6. The van der Waals surface area contributed by atoms with Crippen molar-refractivity contribution in [3.63, 3.8) is 0 Å². The van der Waals surface area contributed by atoms with Gasteiger partial charge in [0.15, 0.2) is 5.65 Å². The smallest absolute Gasteiger partial charge is 0.166 e. The summed E-state index contributed by atoms with van der Waals surface area (Å²) in [4.78, 5) is 7.24. The molecular weight excluding hydrogens is 417 g/mol. The van der Waals surface area contributed by atoms with Gasteiger partial charge in [-0.2, -0.15) is 9.61 Å². The summed E-state index contributed by atoms with van der Waals surface area (Å²) in [5.74, 6) is 1.05. The summed E-state index contributed by atoms with van der Waals surface area (Å²) in [6.45, 7) is 5.78. The van der Waals surface area contributed by atoms with E-state index in [1.165, 1.54) is 0 Å². The molecule has 30 heavy (non-hydrogen) atoms. The molecule has 1 aliphatic heterocycles. The molecule has 0 spiro atoms. The third kappa shape index (κ3) is 3.43. The molecule has 5 nitrogen and oxygen atoms in total. The molecule has 5 rings (SSSR count). The van der Waals surface area contributed by atoms with Crippen molar-refractivity contribution >= 4 is 34.7 Å². The predicted molar refractivity (Wildman–Crippen MR) is 124 cm³/mol. The van der Waals surface area contributed by atoms with Crippen LogP contribution in [0.1, 0.15) is 5.69 Å². The van der Waals surface area contributed by atoms with E-state index in [-0.39, 0.29) is 0 Å². The Kier molecular flexibility index (Phi) is 5.11. The van der Waals surface area contributed by atoms with Gasteiger partial charge in [-0.3, -0.25) is 0 Å². The normalized spacial score (nSPS) is 14.4. The van der Waals surface area contributed by atoms with Crippen LogP contribution in [-0.2, 0) is 0 Å². The highest BCUT2D eigenvalue weighted by Gasteiger charge is 2.23. The maximum absolute atomic E-state index is 6.58. The molecule has 0 unspecified atom stereocenters. The van der Waals surface area contributed by atoms with Crippen molar-refractivity contribution in [2.45, 2.75) is 6.92 Å². The number of benzene rings is 2. The summed E-state index contributed by atoms with van der Waals surface area (Å²) in [7, 11) is 0. The van der Waals surface area contributed by atoms with Crippen molar-refractivity contribution in [3.8, 4) is 22.4 Å². The summed E-state index contributed by atoms with van der Waals surface area (Å²) in [6, 6.07) is 17.7. The molecule has 152 valence electrons. The zero-order valence-corrected chi connectivity index (χ0v) is 18.1. The minimum Gasteiger partial charge on any atom is -0.354 e. The third-order valence-corrected chi connectivity index (χ3v) is 5.98. The number of anilines is 1. The van der Waals surface area contributed by atoms with Crippen LogP contribution in [0.25, 0.3) is 28.0 Å². The molecule has 1 aliphatic rings. The summed E-state index contributed by atoms with van der Waals surface area (Å²) in [6.07, 6.45) is 0. The van der Waals surface area contributed by atoms with Gasteiger partial charge in [0, 0.05) is 48.5 Å². The summed E-state index contributed by atoms with van der Waals surface area (Å²) in [5.41, 5.74) is 5.45. The zero-order chi connectivity index (χ0) is 20.7. The van der Waals surface area contributed by atoms with Gasteiger partial charge in [-0.15, -0.1) is 0 Å². The van der Waals surface area contributed by atoms with Crippen LogP contribution < -0.4 is 10.2 Å². The van der Waals surface area contributed by atoms with Gasteiger partial charge in [0.2, 0.25) is 0 Å². The molecule has 0 atom stereocenters. The number of halogens is 2. The van der Waals surface area contributed by atoms with Crippen LogP contribution in [0.4, 0.5) is 5.82 Å². The number of aromatic nitrogens is 3. The van der Waals surface area contributed by atoms with E-state index in [0.717, 1.165) is 65.7 Å². The number of hydrogen-bond donors (Lipinski definition) is 1. The Balaban J connectivity index is 1.82. The van der Waals surface area contributed by atoms with Crippen LogP contribution in [0.5, 0.6) is 0 Å². The SMILES string of the molecule is Cc1cc(N2CCNCC2)n2nc(-c3ccccc3Cl)c(-c3ccc(Cl)cc3)c2n1. The lowest BCUT2D eigenvalue weighted by molar-refractivity contribution is 0.579. The lowest BCUT2D eigenvalue weighted by atomic mass is 10.0. The highest BCUT2D eigenvalue weighted by atomic mass is 35.5. The van der Waals surface area contributed by atoms with Gasteiger partial charge < -0.3 is 10.2 Å². The molecule has 2 aromatic heterocycles. The average Bonchev–Trinajstić information content (AvgIpc) is 3.13. The summed E-state index contributed by atoms with van der Waals surface area (Å²) in [5, 5.41) is 9.80. The maximum atomic E-state index is 6.58. The molecule has 0 radical (unpaired) electrons. The van der Waals surface area contributed by atoms with Crippen LogP contribution in [0, 0.1) is 6.92 Å². The average molecular weight is 438 g/mol. The van der Waals surface area contributed by atoms with Gasteiger partial charge in [0.25, 0.3) is 0 Å². The Labute approximate surface area is 185 Å². The van der Waals surface area contributed by atoms with Gasteiger partial charge in [-0.1, -0.05) is 53.5 Å². The molecule has 2 aromatic carbocycles. The van der Waals surface area contributed by atoms with Crippen LogP contribution >= 0.6 is 23.2 Å². The molecule has 1 N–H and O–H groups in total. The fourth-order valence-electron chi connectivity index (χ4n) is 3.96. The Morgan fingerprint density at radius 2 is 1.70 bits per heavy atom. The van der Waals surface area contributed by atoms with E-state index >= 15 is 0 Å². The lowest BCUT2D eigenvalue weighted by Gasteiger charge is -2.29. The Morgan fingerprint density at radius 1 is 0.967 bits per heavy atom. The van der Waals surface area contributed by atoms with Gasteiger partial charge in [0.1, 0.15) is 11.5 Å². The predicted octanol–water partition coefficient (Wildman–Crippen LogP) is 5.09. The van der Waals surface area contributed by atoms with Crippen LogP contribution in [0.2, 0.25) is 10.0 Å². The molecule has 0 saturated carbocycles. The van der Waals surface area contributed by atoms with Crippen LogP contribution in [0.3, 0.4) is 0 Å². The molecule has 7 heteroatoms. The van der Waals surface area contributed by atoms with E-state index in [1.807, 2.05) is 60.0 Å². The zero-order valence-electron chi connectivity index (χ0n) is 16.6. The standard InChI is InChI=1S/C23H21Cl2N5/c1-15-14-20(29-12-10-26-11-13-29)30-23(27-15)21(16-6-8-17(24)9-7-16)22(28-30)18-4-2-3-5-19(18)25/h2-9,14,26H,10-13H2,1H3. The van der Waals surface area contributed by atoms with E-state index in [1.54, 1.807) is 0 Å². The monoisotopic (exact) mass is 437 g/mol.